The van der Waals surface area contributed by atoms with Crippen molar-refractivity contribution in [2.45, 2.75) is 106 Å². The van der Waals surface area contributed by atoms with E-state index in [1.807, 2.05) is 0 Å². The number of aliphatic carboxylic acids is 1. The summed E-state index contributed by atoms with van der Waals surface area (Å²) in [6.07, 6.45) is 12.4. The van der Waals surface area contributed by atoms with Crippen LogP contribution in [-0.4, -0.2) is 16.9 Å². The summed E-state index contributed by atoms with van der Waals surface area (Å²) in [7, 11) is 0. The van der Waals surface area contributed by atoms with Crippen LogP contribution in [0.2, 0.25) is 0 Å². The van der Waals surface area contributed by atoms with Crippen LogP contribution in [0.15, 0.2) is 11.6 Å². The number of carboxylic acids is 1. The van der Waals surface area contributed by atoms with Crippen LogP contribution in [0, 0.1) is 50.7 Å². The zero-order valence-electron chi connectivity index (χ0n) is 21.2. The molecule has 0 aromatic heterocycles. The second-order valence-electron chi connectivity index (χ2n) is 14.0. The molecule has 4 saturated carbocycles. The normalized spacial score (nSPS) is 52.1. The summed E-state index contributed by atoms with van der Waals surface area (Å²) in [5.41, 5.74) is 1.64. The lowest BCUT2D eigenvalue weighted by Crippen LogP contribution is -2.63. The molecule has 178 valence electrons. The van der Waals surface area contributed by atoms with E-state index in [0.717, 1.165) is 57.8 Å². The number of ketones is 1. The van der Waals surface area contributed by atoms with Gasteiger partial charge in [0.25, 0.3) is 0 Å². The molecule has 0 amide bonds. The van der Waals surface area contributed by atoms with E-state index in [9.17, 15) is 14.7 Å². The van der Waals surface area contributed by atoms with Crippen molar-refractivity contribution < 1.29 is 14.7 Å². The lowest BCUT2D eigenvalue weighted by atomic mass is 9.34. The van der Waals surface area contributed by atoms with Gasteiger partial charge in [0.05, 0.1) is 5.41 Å². The van der Waals surface area contributed by atoms with Crippen molar-refractivity contribution in [2.75, 3.05) is 0 Å². The van der Waals surface area contributed by atoms with Gasteiger partial charge < -0.3 is 5.11 Å². The summed E-state index contributed by atoms with van der Waals surface area (Å²) < 4.78 is 0. The Hall–Kier alpha value is -1.12. The number of rotatable bonds is 1. The molecule has 8 atom stereocenters. The largest absolute Gasteiger partial charge is 0.481 e. The first kappa shape index (κ1) is 22.7. The van der Waals surface area contributed by atoms with Crippen LogP contribution >= 0.6 is 0 Å². The number of carbonyl (C=O) groups is 2. The topological polar surface area (TPSA) is 54.4 Å². The van der Waals surface area contributed by atoms with Crippen molar-refractivity contribution in [3.63, 3.8) is 0 Å². The summed E-state index contributed by atoms with van der Waals surface area (Å²) in [6.45, 7) is 14.4. The quantitative estimate of drug-likeness (QED) is 0.444. The lowest BCUT2D eigenvalue weighted by molar-refractivity contribution is -0.180. The first-order valence-corrected chi connectivity index (χ1v) is 13.3. The van der Waals surface area contributed by atoms with Crippen LogP contribution in [0.25, 0.3) is 0 Å². The molecular formula is C29H44O3. The van der Waals surface area contributed by atoms with E-state index in [1.165, 1.54) is 12.0 Å². The Labute approximate surface area is 194 Å². The van der Waals surface area contributed by atoms with Crippen LogP contribution in [-0.2, 0) is 9.59 Å². The van der Waals surface area contributed by atoms with Gasteiger partial charge >= 0.3 is 5.97 Å². The Morgan fingerprint density at radius 1 is 1.00 bits per heavy atom. The van der Waals surface area contributed by atoms with E-state index in [2.05, 4.69) is 47.6 Å². The summed E-state index contributed by atoms with van der Waals surface area (Å²) in [5.74, 6) is 1.40. The van der Waals surface area contributed by atoms with E-state index < -0.39 is 11.4 Å². The predicted molar refractivity (Wildman–Crippen MR) is 127 cm³/mol. The van der Waals surface area contributed by atoms with Gasteiger partial charge in [-0.3, -0.25) is 9.59 Å². The van der Waals surface area contributed by atoms with Gasteiger partial charge in [-0.25, -0.2) is 0 Å². The molecule has 5 rings (SSSR count). The van der Waals surface area contributed by atoms with E-state index in [4.69, 9.17) is 0 Å². The fraction of sp³-hybridized carbons (Fsp3) is 0.862. The Kier molecular flexibility index (Phi) is 4.76. The van der Waals surface area contributed by atoms with E-state index in [-0.39, 0.29) is 33.5 Å². The first-order valence-electron chi connectivity index (χ1n) is 13.3. The minimum absolute atomic E-state index is 0.0750. The van der Waals surface area contributed by atoms with Gasteiger partial charge in [0.15, 0.2) is 0 Å². The summed E-state index contributed by atoms with van der Waals surface area (Å²) in [5, 5.41) is 10.5. The molecule has 3 nitrogen and oxygen atoms in total. The Bertz CT molecular complexity index is 885. The minimum Gasteiger partial charge on any atom is -0.481 e. The molecule has 0 bridgehead atoms. The monoisotopic (exact) mass is 440 g/mol. The van der Waals surface area contributed by atoms with Crippen LogP contribution in [0.3, 0.4) is 0 Å². The SMILES string of the molecule is C[C@@H]1C(=O)CC[C@]2(C)[C@H]3CC=C4[C@@H]5CC(C)(C)CC[C@]5(C(=O)O)CC[C@@]4(C)[C@]3(C)CC[C@@H]12. The third-order valence-corrected chi connectivity index (χ3v) is 12.4. The van der Waals surface area contributed by atoms with Crippen LogP contribution in [0.1, 0.15) is 106 Å². The molecule has 0 saturated heterocycles. The second-order valence-corrected chi connectivity index (χ2v) is 14.0. The highest BCUT2D eigenvalue weighted by Gasteiger charge is 2.68. The third-order valence-electron chi connectivity index (χ3n) is 12.4. The predicted octanol–water partition coefficient (Wildman–Crippen LogP) is 7.05. The van der Waals surface area contributed by atoms with E-state index in [1.54, 1.807) is 0 Å². The first-order chi connectivity index (χ1) is 14.8. The number of carboxylic acid groups (broad SMARTS) is 1. The third kappa shape index (κ3) is 2.66. The van der Waals surface area contributed by atoms with Gasteiger partial charge in [0.1, 0.15) is 5.78 Å². The maximum Gasteiger partial charge on any atom is 0.310 e. The number of allylic oxidation sites excluding steroid dienone is 2. The molecular weight excluding hydrogens is 396 g/mol. The zero-order chi connectivity index (χ0) is 23.3. The molecule has 1 N–H and O–H groups in total. The number of fused-ring (bicyclic) bond motifs is 7. The van der Waals surface area contributed by atoms with Crippen molar-refractivity contribution in [1.82, 2.24) is 0 Å². The number of hydrogen-bond acceptors (Lipinski definition) is 2. The second kappa shape index (κ2) is 6.72. The molecule has 0 radical (unpaired) electrons. The fourth-order valence-corrected chi connectivity index (χ4v) is 10.0. The number of Topliss-reactive ketones (excluding diaryl/α,β-unsaturated/α-hetero) is 1. The van der Waals surface area contributed by atoms with Gasteiger partial charge in [-0.1, -0.05) is 53.2 Å². The molecule has 5 aliphatic carbocycles. The zero-order valence-corrected chi connectivity index (χ0v) is 21.2. The average molecular weight is 441 g/mol. The maximum absolute atomic E-state index is 12.7. The number of hydrogen-bond donors (Lipinski definition) is 1. The smallest absolute Gasteiger partial charge is 0.310 e. The van der Waals surface area contributed by atoms with Gasteiger partial charge in [0.2, 0.25) is 0 Å². The molecule has 0 heterocycles. The standard InChI is InChI=1S/C29H44O3/c1-18-19-9-12-28(6)23(26(19,4)11-10-22(18)30)8-7-20-21-17-25(2,3)13-15-29(21,24(31)32)16-14-27(20,28)5/h7,18-19,21,23H,8-17H2,1-6H3,(H,31,32)/t18-,19-,21-,23+,26-,27+,28+,29-/m0/s1. The van der Waals surface area contributed by atoms with Gasteiger partial charge in [-0.15, -0.1) is 0 Å². The van der Waals surface area contributed by atoms with Crippen molar-refractivity contribution in [2.24, 2.45) is 50.7 Å². The van der Waals surface area contributed by atoms with Crippen molar-refractivity contribution in [1.29, 1.82) is 0 Å². The maximum atomic E-state index is 12.7. The van der Waals surface area contributed by atoms with Crippen molar-refractivity contribution >= 4 is 11.8 Å². The highest BCUT2D eigenvalue weighted by Crippen LogP contribution is 2.74. The lowest BCUT2D eigenvalue weighted by Gasteiger charge is -2.69. The average Bonchev–Trinajstić information content (AvgIpc) is 2.71. The molecule has 4 fully saturated rings. The fourth-order valence-electron chi connectivity index (χ4n) is 10.0. The molecule has 0 unspecified atom stereocenters. The molecule has 0 aromatic rings. The van der Waals surface area contributed by atoms with Gasteiger partial charge in [-0.05, 0) is 97.2 Å². The van der Waals surface area contributed by atoms with Crippen LogP contribution in [0.4, 0.5) is 0 Å². The highest BCUT2D eigenvalue weighted by atomic mass is 16.4. The molecule has 0 aromatic carbocycles. The van der Waals surface area contributed by atoms with Crippen LogP contribution < -0.4 is 0 Å². The van der Waals surface area contributed by atoms with E-state index >= 15 is 0 Å². The van der Waals surface area contributed by atoms with E-state index in [0.29, 0.717) is 17.6 Å². The Morgan fingerprint density at radius 2 is 1.69 bits per heavy atom. The summed E-state index contributed by atoms with van der Waals surface area (Å²) >= 11 is 0. The van der Waals surface area contributed by atoms with Gasteiger partial charge in [-0.2, -0.15) is 0 Å². The highest BCUT2D eigenvalue weighted by molar-refractivity contribution is 5.82. The Morgan fingerprint density at radius 3 is 2.38 bits per heavy atom. The Balaban J connectivity index is 1.60. The van der Waals surface area contributed by atoms with Gasteiger partial charge in [0, 0.05) is 12.3 Å². The summed E-state index contributed by atoms with van der Waals surface area (Å²) in [6, 6.07) is 0. The molecule has 3 heteroatoms. The number of carbonyl (C=O) groups excluding carboxylic acids is 1. The molecule has 0 aliphatic heterocycles. The summed E-state index contributed by atoms with van der Waals surface area (Å²) in [4.78, 5) is 25.3. The van der Waals surface area contributed by atoms with Crippen LogP contribution in [0.5, 0.6) is 0 Å². The molecule has 5 aliphatic rings. The molecule has 32 heavy (non-hydrogen) atoms. The molecule has 0 spiro atoms. The van der Waals surface area contributed by atoms with Crippen molar-refractivity contribution in [3.05, 3.63) is 11.6 Å². The minimum atomic E-state index is -0.559. The van der Waals surface area contributed by atoms with Crippen molar-refractivity contribution in [3.8, 4) is 0 Å².